The van der Waals surface area contributed by atoms with Gasteiger partial charge in [-0.3, -0.25) is 5.84 Å². The quantitative estimate of drug-likeness (QED) is 0.503. The summed E-state index contributed by atoms with van der Waals surface area (Å²) in [6.07, 6.45) is 0. The third kappa shape index (κ3) is 2.39. The van der Waals surface area contributed by atoms with Crippen LogP contribution in [-0.4, -0.2) is 4.98 Å². The van der Waals surface area contributed by atoms with Crippen molar-refractivity contribution < 1.29 is 0 Å². The first kappa shape index (κ1) is 14.3. The summed E-state index contributed by atoms with van der Waals surface area (Å²) in [6, 6.07) is 13.7. The number of halogens is 2. The first-order valence-electron chi connectivity index (χ1n) is 6.44. The number of nitrogens with zero attached hydrogens (tertiary/aromatic N) is 1. The fourth-order valence-corrected chi connectivity index (χ4v) is 3.17. The number of benzene rings is 2. The van der Waals surface area contributed by atoms with Gasteiger partial charge in [-0.05, 0) is 19.1 Å². The van der Waals surface area contributed by atoms with Crippen LogP contribution in [0.2, 0.25) is 5.02 Å². The fraction of sp³-hybridized carbons (Fsp3) is 0.0625. The van der Waals surface area contributed by atoms with Gasteiger partial charge in [0.1, 0.15) is 0 Å². The molecule has 0 atom stereocenters. The van der Waals surface area contributed by atoms with E-state index in [9.17, 15) is 0 Å². The summed E-state index contributed by atoms with van der Waals surface area (Å²) in [5.74, 6) is 5.74. The normalized spacial score (nSPS) is 10.9. The minimum Gasteiger partial charge on any atom is -0.323 e. The van der Waals surface area contributed by atoms with Crippen LogP contribution in [0.5, 0.6) is 0 Å². The Hall–Kier alpha value is -1.62. The highest BCUT2D eigenvalue weighted by Gasteiger charge is 2.16. The van der Waals surface area contributed by atoms with E-state index in [-0.39, 0.29) is 0 Å². The van der Waals surface area contributed by atoms with Gasteiger partial charge in [-0.25, -0.2) is 4.98 Å². The van der Waals surface area contributed by atoms with E-state index in [1.165, 1.54) is 0 Å². The molecule has 3 rings (SSSR count). The lowest BCUT2D eigenvalue weighted by atomic mass is 10.0. The lowest BCUT2D eigenvalue weighted by Gasteiger charge is -2.15. The molecule has 0 saturated carbocycles. The van der Waals surface area contributed by atoms with Gasteiger partial charge in [-0.2, -0.15) is 0 Å². The molecule has 0 amide bonds. The Morgan fingerprint density at radius 2 is 1.86 bits per heavy atom. The van der Waals surface area contributed by atoms with Gasteiger partial charge < -0.3 is 5.43 Å². The van der Waals surface area contributed by atoms with Gasteiger partial charge in [0.05, 0.1) is 21.9 Å². The molecule has 0 aliphatic rings. The van der Waals surface area contributed by atoms with E-state index in [4.69, 9.17) is 22.4 Å². The maximum atomic E-state index is 6.32. The van der Waals surface area contributed by atoms with E-state index in [2.05, 4.69) is 21.4 Å². The van der Waals surface area contributed by atoms with Crippen molar-refractivity contribution in [1.29, 1.82) is 0 Å². The van der Waals surface area contributed by atoms with E-state index in [1.807, 2.05) is 49.4 Å². The second-order valence-electron chi connectivity index (χ2n) is 4.72. The first-order valence-corrected chi connectivity index (χ1v) is 7.61. The smallest absolute Gasteiger partial charge is 0.0928 e. The number of pyridine rings is 1. The van der Waals surface area contributed by atoms with Crippen molar-refractivity contribution in [3.05, 3.63) is 57.5 Å². The van der Waals surface area contributed by atoms with E-state index in [0.29, 0.717) is 5.02 Å². The zero-order valence-electron chi connectivity index (χ0n) is 11.3. The molecule has 5 heteroatoms. The molecule has 3 N–H and O–H groups in total. The molecule has 1 aromatic heterocycles. The van der Waals surface area contributed by atoms with E-state index >= 15 is 0 Å². The van der Waals surface area contributed by atoms with Crippen LogP contribution in [-0.2, 0) is 0 Å². The molecular formula is C16H13BrClN3. The van der Waals surface area contributed by atoms with Crippen LogP contribution < -0.4 is 11.3 Å². The van der Waals surface area contributed by atoms with Crippen molar-refractivity contribution in [2.75, 3.05) is 5.43 Å². The number of anilines is 1. The number of rotatable bonds is 2. The Kier molecular flexibility index (Phi) is 3.85. The monoisotopic (exact) mass is 361 g/mol. The summed E-state index contributed by atoms with van der Waals surface area (Å²) in [6.45, 7) is 2.00. The van der Waals surface area contributed by atoms with Crippen LogP contribution in [0.3, 0.4) is 0 Å². The highest BCUT2D eigenvalue weighted by atomic mass is 79.9. The lowest BCUT2D eigenvalue weighted by Crippen LogP contribution is -2.10. The number of fused-ring (bicyclic) bond motifs is 1. The molecule has 1 heterocycles. The first-order chi connectivity index (χ1) is 10.1. The average molecular weight is 363 g/mol. The van der Waals surface area contributed by atoms with Gasteiger partial charge in [-0.15, -0.1) is 0 Å². The number of nitrogen functional groups attached to an aromatic ring is 1. The average Bonchev–Trinajstić information content (AvgIpc) is 2.51. The molecule has 0 fully saturated rings. The van der Waals surface area contributed by atoms with Crippen LogP contribution in [0.1, 0.15) is 5.56 Å². The zero-order valence-corrected chi connectivity index (χ0v) is 13.7. The molecule has 3 nitrogen and oxygen atoms in total. The van der Waals surface area contributed by atoms with Crippen LogP contribution in [0.15, 0.2) is 46.9 Å². The van der Waals surface area contributed by atoms with E-state index in [0.717, 1.165) is 37.9 Å². The van der Waals surface area contributed by atoms with Crippen LogP contribution in [0.4, 0.5) is 5.69 Å². The molecule has 0 spiro atoms. The standard InChI is InChI=1S/C16H13BrClN3/c1-9-14(10-5-3-2-4-6-10)20-16-12(18)8-7-11(17)13(16)15(9)21-19/h2-8H,19H2,1H3,(H,20,21). The van der Waals surface area contributed by atoms with Gasteiger partial charge in [0.25, 0.3) is 0 Å². The molecule has 0 unspecified atom stereocenters. The summed E-state index contributed by atoms with van der Waals surface area (Å²) < 4.78 is 0.907. The number of aromatic nitrogens is 1. The van der Waals surface area contributed by atoms with Crippen molar-refractivity contribution >= 4 is 44.1 Å². The van der Waals surface area contributed by atoms with Crippen molar-refractivity contribution in [2.24, 2.45) is 5.84 Å². The molecule has 106 valence electrons. The Labute approximate surface area is 136 Å². The summed E-state index contributed by atoms with van der Waals surface area (Å²) in [5, 5.41) is 1.49. The third-order valence-electron chi connectivity index (χ3n) is 3.47. The minimum atomic E-state index is 0.599. The predicted octanol–water partition coefficient (Wildman–Crippen LogP) is 4.91. The molecule has 0 radical (unpaired) electrons. The summed E-state index contributed by atoms with van der Waals surface area (Å²) in [7, 11) is 0. The Morgan fingerprint density at radius 1 is 1.14 bits per heavy atom. The molecule has 0 aliphatic carbocycles. The second-order valence-corrected chi connectivity index (χ2v) is 5.99. The summed E-state index contributed by atoms with van der Waals surface area (Å²) in [4.78, 5) is 4.76. The van der Waals surface area contributed by atoms with E-state index < -0.39 is 0 Å². The maximum Gasteiger partial charge on any atom is 0.0928 e. The number of nitrogens with two attached hydrogens (primary N) is 1. The second kappa shape index (κ2) is 5.64. The largest absolute Gasteiger partial charge is 0.323 e. The third-order valence-corrected chi connectivity index (χ3v) is 4.44. The van der Waals surface area contributed by atoms with Crippen molar-refractivity contribution in [1.82, 2.24) is 4.98 Å². The summed E-state index contributed by atoms with van der Waals surface area (Å²) in [5.41, 5.74) is 7.23. The Balaban J connectivity index is 2.44. The lowest BCUT2D eigenvalue weighted by molar-refractivity contribution is 1.27. The van der Waals surface area contributed by atoms with Crippen molar-refractivity contribution in [2.45, 2.75) is 6.92 Å². The van der Waals surface area contributed by atoms with Crippen molar-refractivity contribution in [3.63, 3.8) is 0 Å². The molecule has 21 heavy (non-hydrogen) atoms. The van der Waals surface area contributed by atoms with Gasteiger partial charge in [0.15, 0.2) is 0 Å². The fourth-order valence-electron chi connectivity index (χ4n) is 2.45. The molecule has 0 bridgehead atoms. The number of nitrogens with one attached hydrogen (secondary N) is 1. The Morgan fingerprint density at radius 3 is 2.52 bits per heavy atom. The number of hydrogen-bond acceptors (Lipinski definition) is 3. The van der Waals surface area contributed by atoms with Crippen molar-refractivity contribution in [3.8, 4) is 11.3 Å². The Bertz CT molecular complexity index is 819. The summed E-state index contributed by atoms with van der Waals surface area (Å²) >= 11 is 9.86. The molecule has 2 aromatic carbocycles. The molecule has 3 aromatic rings. The van der Waals surface area contributed by atoms with Gasteiger partial charge in [0, 0.05) is 21.0 Å². The molecule has 0 saturated heterocycles. The molecule has 0 aliphatic heterocycles. The highest BCUT2D eigenvalue weighted by Crippen LogP contribution is 2.39. The van der Waals surface area contributed by atoms with Crippen LogP contribution >= 0.6 is 27.5 Å². The maximum absolute atomic E-state index is 6.32. The number of hydrogen-bond donors (Lipinski definition) is 2. The van der Waals surface area contributed by atoms with Gasteiger partial charge >= 0.3 is 0 Å². The van der Waals surface area contributed by atoms with Crippen LogP contribution in [0, 0.1) is 6.92 Å². The zero-order chi connectivity index (χ0) is 15.0. The van der Waals surface area contributed by atoms with E-state index in [1.54, 1.807) is 0 Å². The number of hydrazine groups is 1. The topological polar surface area (TPSA) is 50.9 Å². The predicted molar refractivity (Wildman–Crippen MR) is 92.4 cm³/mol. The van der Waals surface area contributed by atoms with Gasteiger partial charge in [0.2, 0.25) is 0 Å². The van der Waals surface area contributed by atoms with Gasteiger partial charge in [-0.1, -0.05) is 57.9 Å². The SMILES string of the molecule is Cc1c(-c2ccccc2)nc2c(Cl)ccc(Br)c2c1NN. The van der Waals surface area contributed by atoms with Crippen LogP contribution in [0.25, 0.3) is 22.2 Å². The minimum absolute atomic E-state index is 0.599. The highest BCUT2D eigenvalue weighted by molar-refractivity contribution is 9.10. The molecular weight excluding hydrogens is 350 g/mol.